The van der Waals surface area contributed by atoms with Crippen molar-refractivity contribution in [3.63, 3.8) is 0 Å². The van der Waals surface area contributed by atoms with Gasteiger partial charge in [-0.1, -0.05) is 0 Å². The minimum Gasteiger partial charge on any atom is -0.488 e. The van der Waals surface area contributed by atoms with E-state index in [1.54, 1.807) is 6.20 Å². The van der Waals surface area contributed by atoms with Crippen LogP contribution in [0.5, 0.6) is 5.75 Å². The van der Waals surface area contributed by atoms with Gasteiger partial charge >= 0.3 is 0 Å². The zero-order valence-corrected chi connectivity index (χ0v) is 18.2. The number of anilines is 2. The number of nitrogens with zero attached hydrogens (tertiary/aromatic N) is 7. The van der Waals surface area contributed by atoms with Gasteiger partial charge in [0.1, 0.15) is 12.3 Å². The van der Waals surface area contributed by atoms with E-state index >= 15 is 0 Å². The van der Waals surface area contributed by atoms with Gasteiger partial charge in [0, 0.05) is 30.9 Å². The molecule has 1 aliphatic heterocycles. The number of aryl methyl sites for hydroxylation is 3. The highest BCUT2D eigenvalue weighted by Gasteiger charge is 2.25. The van der Waals surface area contributed by atoms with E-state index in [2.05, 4.69) is 43.7 Å². The Morgan fingerprint density at radius 1 is 1.16 bits per heavy atom. The van der Waals surface area contributed by atoms with Crippen molar-refractivity contribution in [2.24, 2.45) is 7.05 Å². The summed E-state index contributed by atoms with van der Waals surface area (Å²) in [6.07, 6.45) is 4.91. The van der Waals surface area contributed by atoms with Crippen LogP contribution in [0.25, 0.3) is 16.8 Å². The lowest BCUT2D eigenvalue weighted by Gasteiger charge is -2.37. The molecular formula is C22H26N8O. The van der Waals surface area contributed by atoms with Gasteiger partial charge in [-0.3, -0.25) is 9.58 Å². The lowest BCUT2D eigenvalue weighted by molar-refractivity contribution is 0.0771. The van der Waals surface area contributed by atoms with Gasteiger partial charge in [0.2, 0.25) is 0 Å². The summed E-state index contributed by atoms with van der Waals surface area (Å²) < 4.78 is 9.82. The Hall–Kier alpha value is -3.46. The maximum absolute atomic E-state index is 6.13. The summed E-state index contributed by atoms with van der Waals surface area (Å²) in [7, 11) is 4.06. The topological polar surface area (TPSA) is 85.4 Å². The summed E-state index contributed by atoms with van der Waals surface area (Å²) in [5.41, 5.74) is 4.87. The van der Waals surface area contributed by atoms with Crippen LogP contribution < -0.4 is 10.1 Å². The lowest BCUT2D eigenvalue weighted by atomic mass is 10.1. The van der Waals surface area contributed by atoms with Gasteiger partial charge in [-0.05, 0) is 57.6 Å². The Balaban J connectivity index is 1.41. The van der Waals surface area contributed by atoms with Crippen LogP contribution in [0.3, 0.4) is 0 Å². The van der Waals surface area contributed by atoms with Gasteiger partial charge in [0.15, 0.2) is 17.4 Å². The predicted molar refractivity (Wildman–Crippen MR) is 119 cm³/mol. The van der Waals surface area contributed by atoms with Crippen molar-refractivity contribution in [3.05, 3.63) is 47.9 Å². The number of ether oxygens (including phenoxy) is 1. The first-order chi connectivity index (χ1) is 15.0. The summed E-state index contributed by atoms with van der Waals surface area (Å²) in [4.78, 5) is 2.31. The van der Waals surface area contributed by atoms with Crippen LogP contribution >= 0.6 is 0 Å². The van der Waals surface area contributed by atoms with Crippen molar-refractivity contribution in [1.82, 2.24) is 34.5 Å². The molecule has 1 aliphatic rings. The predicted octanol–water partition coefficient (Wildman–Crippen LogP) is 2.97. The van der Waals surface area contributed by atoms with Crippen LogP contribution in [0.15, 0.2) is 36.7 Å². The third kappa shape index (κ3) is 3.72. The average molecular weight is 419 g/mol. The molecule has 4 aromatic heterocycles. The van der Waals surface area contributed by atoms with Crippen molar-refractivity contribution < 1.29 is 4.74 Å². The van der Waals surface area contributed by atoms with E-state index in [1.165, 1.54) is 6.42 Å². The molecule has 31 heavy (non-hydrogen) atoms. The second-order valence-electron chi connectivity index (χ2n) is 8.17. The number of rotatable bonds is 6. The molecule has 1 N–H and O–H groups in total. The van der Waals surface area contributed by atoms with E-state index in [4.69, 9.17) is 4.74 Å². The van der Waals surface area contributed by atoms with E-state index in [0.717, 1.165) is 40.3 Å². The Bertz CT molecular complexity index is 1240. The molecule has 0 aromatic carbocycles. The number of nitrogens with one attached hydrogen (secondary N) is 1. The van der Waals surface area contributed by atoms with Crippen molar-refractivity contribution >= 4 is 17.2 Å². The monoisotopic (exact) mass is 418 g/mol. The van der Waals surface area contributed by atoms with Crippen LogP contribution in [0.2, 0.25) is 0 Å². The molecule has 9 nitrogen and oxygen atoms in total. The third-order valence-corrected chi connectivity index (χ3v) is 5.86. The third-order valence-electron chi connectivity index (χ3n) is 5.86. The molecule has 0 unspecified atom stereocenters. The van der Waals surface area contributed by atoms with Crippen LogP contribution in [0.1, 0.15) is 17.7 Å². The Morgan fingerprint density at radius 3 is 2.77 bits per heavy atom. The molecule has 160 valence electrons. The molecule has 1 atom stereocenters. The maximum Gasteiger partial charge on any atom is 0.165 e. The number of hydrogen-bond donors (Lipinski definition) is 1. The van der Waals surface area contributed by atoms with E-state index in [9.17, 15) is 0 Å². The lowest BCUT2D eigenvalue weighted by Crippen LogP contribution is -2.48. The van der Waals surface area contributed by atoms with Gasteiger partial charge in [-0.2, -0.15) is 15.3 Å². The van der Waals surface area contributed by atoms with E-state index in [0.29, 0.717) is 24.3 Å². The minimum absolute atomic E-state index is 0.479. The molecule has 0 bridgehead atoms. The Kier molecular flexibility index (Phi) is 4.82. The highest BCUT2D eigenvalue weighted by Crippen LogP contribution is 2.31. The molecule has 1 fully saturated rings. The van der Waals surface area contributed by atoms with Gasteiger partial charge in [-0.15, -0.1) is 5.10 Å². The number of likely N-dealkylation sites (N-methyl/N-ethyl adjacent to an activating group) is 1. The molecule has 0 saturated carbocycles. The molecular weight excluding hydrogens is 392 g/mol. The summed E-state index contributed by atoms with van der Waals surface area (Å²) in [6, 6.07) is 8.58. The van der Waals surface area contributed by atoms with E-state index in [-0.39, 0.29) is 0 Å². The summed E-state index contributed by atoms with van der Waals surface area (Å²) >= 11 is 0. The van der Waals surface area contributed by atoms with Crippen LogP contribution in [0.4, 0.5) is 11.6 Å². The number of fused-ring (bicyclic) bond motifs is 1. The fourth-order valence-corrected chi connectivity index (χ4v) is 3.88. The molecule has 1 saturated heterocycles. The molecule has 5 heterocycles. The van der Waals surface area contributed by atoms with Crippen LogP contribution in [-0.2, 0) is 7.05 Å². The second-order valence-corrected chi connectivity index (χ2v) is 8.17. The number of likely N-dealkylation sites (tertiary alicyclic amines) is 1. The first-order valence-corrected chi connectivity index (χ1v) is 10.4. The van der Waals surface area contributed by atoms with Crippen LogP contribution in [0, 0.1) is 13.8 Å². The zero-order chi connectivity index (χ0) is 21.5. The Labute approximate surface area is 180 Å². The Morgan fingerprint density at radius 2 is 2.03 bits per heavy atom. The largest absolute Gasteiger partial charge is 0.488 e. The number of pyridine rings is 1. The van der Waals surface area contributed by atoms with Gasteiger partial charge < -0.3 is 10.1 Å². The smallest absolute Gasteiger partial charge is 0.165 e. The fraction of sp³-hybridized carbons (Fsp3) is 0.364. The van der Waals surface area contributed by atoms with E-state index < -0.39 is 0 Å². The molecule has 0 amide bonds. The van der Waals surface area contributed by atoms with Gasteiger partial charge in [0.25, 0.3) is 0 Å². The summed E-state index contributed by atoms with van der Waals surface area (Å²) in [6.45, 7) is 5.74. The fourth-order valence-electron chi connectivity index (χ4n) is 3.88. The molecule has 0 aliphatic carbocycles. The molecule has 4 aromatic rings. The SMILES string of the molecule is Cc1cc(C)c(Nc2cc3cc(-c4c(OC[C@H]5CCN5C)cnn4C)ccn3n2)nn1. The van der Waals surface area contributed by atoms with Crippen molar-refractivity contribution in [3.8, 4) is 17.0 Å². The molecule has 5 rings (SSSR count). The molecule has 0 spiro atoms. The van der Waals surface area contributed by atoms with Crippen molar-refractivity contribution in [1.29, 1.82) is 0 Å². The number of aromatic nitrogens is 6. The molecule has 9 heteroatoms. The standard InChI is InChI=1S/C22H26N8O/c1-14-9-15(2)25-26-22(14)24-20-11-18-10-16(5-8-30(18)27-20)21-19(12-23-29(21)4)31-13-17-6-7-28(17)3/h5,8-12,17H,6-7,13H2,1-4H3,(H,24,26,27)/t17-/m1/s1. The minimum atomic E-state index is 0.479. The normalized spacial score (nSPS) is 16.5. The van der Waals surface area contributed by atoms with Crippen LogP contribution in [-0.4, -0.2) is 60.7 Å². The van der Waals surface area contributed by atoms with E-state index in [1.807, 2.05) is 54.5 Å². The highest BCUT2D eigenvalue weighted by atomic mass is 16.5. The average Bonchev–Trinajstić information content (AvgIpc) is 3.31. The first kappa shape index (κ1) is 19.5. The summed E-state index contributed by atoms with van der Waals surface area (Å²) in [5.74, 6) is 2.22. The quantitative estimate of drug-likeness (QED) is 0.515. The summed E-state index contributed by atoms with van der Waals surface area (Å²) in [5, 5.41) is 20.6. The van der Waals surface area contributed by atoms with Crippen molar-refractivity contribution in [2.75, 3.05) is 25.5 Å². The second kappa shape index (κ2) is 7.66. The first-order valence-electron chi connectivity index (χ1n) is 10.4. The van der Waals surface area contributed by atoms with Crippen molar-refractivity contribution in [2.45, 2.75) is 26.3 Å². The number of hydrogen-bond acceptors (Lipinski definition) is 7. The zero-order valence-electron chi connectivity index (χ0n) is 18.2. The van der Waals surface area contributed by atoms with Gasteiger partial charge in [-0.25, -0.2) is 4.52 Å². The maximum atomic E-state index is 6.13. The van der Waals surface area contributed by atoms with Gasteiger partial charge in [0.05, 0.1) is 17.4 Å². The highest BCUT2D eigenvalue weighted by molar-refractivity contribution is 5.73. The molecule has 0 radical (unpaired) electrons.